The van der Waals surface area contributed by atoms with E-state index in [9.17, 15) is 13.2 Å². The second-order valence-corrected chi connectivity index (χ2v) is 8.21. The van der Waals surface area contributed by atoms with Gasteiger partial charge in [0.1, 0.15) is 5.82 Å². The van der Waals surface area contributed by atoms with Gasteiger partial charge in [-0.25, -0.2) is 24.0 Å². The molecular weight excluding hydrogens is 475 g/mol. The van der Waals surface area contributed by atoms with Crippen LogP contribution in [0.3, 0.4) is 0 Å². The van der Waals surface area contributed by atoms with Gasteiger partial charge < -0.3 is 20.7 Å². The number of hydrogen-bond acceptors (Lipinski definition) is 9. The van der Waals surface area contributed by atoms with Crippen LogP contribution < -0.4 is 16.0 Å². The van der Waals surface area contributed by atoms with Crippen LogP contribution in [0.4, 0.5) is 36.6 Å². The van der Waals surface area contributed by atoms with Crippen LogP contribution in [0.2, 0.25) is 0 Å². The van der Waals surface area contributed by atoms with E-state index in [1.165, 1.54) is 0 Å². The van der Waals surface area contributed by atoms with Crippen molar-refractivity contribution in [1.29, 1.82) is 0 Å². The van der Waals surface area contributed by atoms with Crippen LogP contribution in [-0.4, -0.2) is 61.7 Å². The Morgan fingerprint density at radius 3 is 2.47 bits per heavy atom. The molecule has 3 aromatic heterocycles. The van der Waals surface area contributed by atoms with Gasteiger partial charge in [-0.15, -0.1) is 5.10 Å². The van der Waals surface area contributed by atoms with E-state index in [-0.39, 0.29) is 19.0 Å². The molecule has 36 heavy (non-hydrogen) atoms. The number of rotatable bonds is 8. The summed E-state index contributed by atoms with van der Waals surface area (Å²) in [7, 11) is 1.77. The molecule has 0 saturated carbocycles. The molecule has 0 atom stereocenters. The fourth-order valence-electron chi connectivity index (χ4n) is 3.68. The Kier molecular flexibility index (Phi) is 6.14. The molecular formula is C23H22F3N9O. The maximum absolute atomic E-state index is 13.0. The Hall–Kier alpha value is -4.26. The fraction of sp³-hybridized carbons (Fsp3) is 0.261. The van der Waals surface area contributed by atoms with Crippen LogP contribution in [0.1, 0.15) is 0 Å². The van der Waals surface area contributed by atoms with E-state index in [0.717, 1.165) is 16.9 Å². The van der Waals surface area contributed by atoms with Crippen molar-refractivity contribution >= 4 is 23.4 Å². The summed E-state index contributed by atoms with van der Waals surface area (Å²) >= 11 is 0. The molecule has 5 rings (SSSR count). The SMILES string of the molecule is Cn1nc(-c2ccc(N3CC(OC(F)(F)CF)C3)nc2)nc1Nc1ccc(-c2ccnc(N)n2)cc1. The lowest BCUT2D eigenvalue weighted by atomic mass is 10.1. The quantitative estimate of drug-likeness (QED) is 0.377. The summed E-state index contributed by atoms with van der Waals surface area (Å²) in [6, 6.07) is 12.9. The van der Waals surface area contributed by atoms with Gasteiger partial charge >= 0.3 is 6.11 Å². The van der Waals surface area contributed by atoms with Crippen molar-refractivity contribution < 1.29 is 17.9 Å². The average Bonchev–Trinajstić information content (AvgIpc) is 3.22. The number of nitrogen functional groups attached to an aromatic ring is 1. The van der Waals surface area contributed by atoms with Gasteiger partial charge in [0.2, 0.25) is 11.9 Å². The van der Waals surface area contributed by atoms with Crippen LogP contribution in [0, 0.1) is 0 Å². The van der Waals surface area contributed by atoms with Crippen molar-refractivity contribution in [1.82, 2.24) is 29.7 Å². The second kappa shape index (κ2) is 9.41. The van der Waals surface area contributed by atoms with Gasteiger partial charge in [0, 0.05) is 49.3 Å². The van der Waals surface area contributed by atoms with Crippen LogP contribution in [0.5, 0.6) is 0 Å². The molecule has 1 aliphatic heterocycles. The minimum atomic E-state index is -3.75. The summed E-state index contributed by atoms with van der Waals surface area (Å²) in [6.45, 7) is -1.42. The van der Waals surface area contributed by atoms with E-state index in [4.69, 9.17) is 5.73 Å². The summed E-state index contributed by atoms with van der Waals surface area (Å²) in [5.74, 6) is 1.82. The second-order valence-electron chi connectivity index (χ2n) is 8.21. The van der Waals surface area contributed by atoms with Crippen molar-refractivity contribution in [3.05, 3.63) is 54.9 Å². The van der Waals surface area contributed by atoms with Crippen molar-refractivity contribution in [3.63, 3.8) is 0 Å². The topological polar surface area (TPSA) is 120 Å². The van der Waals surface area contributed by atoms with Crippen LogP contribution in [-0.2, 0) is 11.8 Å². The van der Waals surface area contributed by atoms with Gasteiger partial charge in [0.25, 0.3) is 0 Å². The molecule has 4 aromatic rings. The first-order valence-electron chi connectivity index (χ1n) is 11.0. The molecule has 0 radical (unpaired) electrons. The Bertz CT molecular complexity index is 1340. The van der Waals surface area contributed by atoms with Gasteiger partial charge in [-0.1, -0.05) is 12.1 Å². The lowest BCUT2D eigenvalue weighted by Gasteiger charge is -2.40. The number of ether oxygens (including phenoxy) is 1. The van der Waals surface area contributed by atoms with Gasteiger partial charge in [0.05, 0.1) is 11.8 Å². The van der Waals surface area contributed by atoms with E-state index in [0.29, 0.717) is 23.2 Å². The third-order valence-corrected chi connectivity index (χ3v) is 5.55. The van der Waals surface area contributed by atoms with Gasteiger partial charge in [-0.05, 0) is 30.3 Å². The number of nitrogens with two attached hydrogens (primary N) is 1. The van der Waals surface area contributed by atoms with Crippen LogP contribution >= 0.6 is 0 Å². The van der Waals surface area contributed by atoms with E-state index in [2.05, 4.69) is 35.1 Å². The van der Waals surface area contributed by atoms with Crippen molar-refractivity contribution in [2.24, 2.45) is 7.05 Å². The summed E-state index contributed by atoms with van der Waals surface area (Å²) < 4.78 is 44.3. The molecule has 0 bridgehead atoms. The van der Waals surface area contributed by atoms with Crippen molar-refractivity contribution in [2.45, 2.75) is 12.2 Å². The first-order chi connectivity index (χ1) is 17.3. The van der Waals surface area contributed by atoms with Gasteiger partial charge in [-0.2, -0.15) is 13.8 Å². The summed E-state index contributed by atoms with van der Waals surface area (Å²) in [6.07, 6.45) is -1.27. The molecule has 1 saturated heterocycles. The first kappa shape index (κ1) is 23.5. The third kappa shape index (κ3) is 5.05. The molecule has 186 valence electrons. The molecule has 1 fully saturated rings. The predicted octanol–water partition coefficient (Wildman–Crippen LogP) is 3.43. The molecule has 1 aliphatic rings. The molecule has 3 N–H and O–H groups in total. The normalized spacial score (nSPS) is 14.1. The number of benzene rings is 1. The number of alkyl halides is 3. The monoisotopic (exact) mass is 497 g/mol. The lowest BCUT2D eigenvalue weighted by Crippen LogP contribution is -2.55. The lowest BCUT2D eigenvalue weighted by molar-refractivity contribution is -0.272. The van der Waals surface area contributed by atoms with Crippen LogP contribution in [0.25, 0.3) is 22.6 Å². The fourth-order valence-corrected chi connectivity index (χ4v) is 3.68. The number of nitrogens with one attached hydrogen (secondary N) is 1. The molecule has 10 nitrogen and oxygen atoms in total. The number of nitrogens with zero attached hydrogens (tertiary/aromatic N) is 7. The maximum atomic E-state index is 13.0. The minimum Gasteiger partial charge on any atom is -0.368 e. The highest BCUT2D eigenvalue weighted by molar-refractivity contribution is 5.66. The molecule has 13 heteroatoms. The summed E-state index contributed by atoms with van der Waals surface area (Å²) in [5.41, 5.74) is 8.78. The third-order valence-electron chi connectivity index (χ3n) is 5.55. The zero-order valence-electron chi connectivity index (χ0n) is 19.1. The zero-order valence-corrected chi connectivity index (χ0v) is 19.1. The maximum Gasteiger partial charge on any atom is 0.384 e. The molecule has 0 aliphatic carbocycles. The number of halogens is 3. The smallest absolute Gasteiger partial charge is 0.368 e. The number of hydrogen-bond donors (Lipinski definition) is 2. The number of pyridine rings is 1. The van der Waals surface area contributed by atoms with E-state index < -0.39 is 18.9 Å². The van der Waals surface area contributed by atoms with Gasteiger partial charge in [0.15, 0.2) is 12.5 Å². The predicted molar refractivity (Wildman–Crippen MR) is 127 cm³/mol. The van der Waals surface area contributed by atoms with Crippen molar-refractivity contribution in [2.75, 3.05) is 35.7 Å². The Morgan fingerprint density at radius 2 is 1.81 bits per heavy atom. The summed E-state index contributed by atoms with van der Waals surface area (Å²) in [5, 5.41) is 7.67. The molecule has 1 aromatic carbocycles. The van der Waals surface area contributed by atoms with E-state index >= 15 is 0 Å². The van der Waals surface area contributed by atoms with E-state index in [1.54, 1.807) is 47.2 Å². The number of aryl methyl sites for hydroxylation is 1. The highest BCUT2D eigenvalue weighted by Gasteiger charge is 2.39. The molecule has 0 spiro atoms. The number of anilines is 4. The first-order valence-corrected chi connectivity index (χ1v) is 11.0. The standard InChI is InChI=1S/C23H22F3N9O/c1-34-22(30-16-5-2-14(3-6-16)18-8-9-28-21(27)31-18)32-20(33-34)15-4-7-19(29-10-15)35-11-17(12-35)36-23(25,26)13-24/h2-10,17H,11-13H2,1H3,(H2,27,28,31)(H,30,32,33). The Labute approximate surface area is 204 Å². The average molecular weight is 497 g/mol. The highest BCUT2D eigenvalue weighted by atomic mass is 19.3. The highest BCUT2D eigenvalue weighted by Crippen LogP contribution is 2.28. The molecule has 4 heterocycles. The van der Waals surface area contributed by atoms with Crippen molar-refractivity contribution in [3.8, 4) is 22.6 Å². The Balaban J connectivity index is 1.22. The van der Waals surface area contributed by atoms with Crippen LogP contribution in [0.15, 0.2) is 54.9 Å². The minimum absolute atomic E-state index is 0.210. The number of aromatic nitrogens is 6. The zero-order chi connectivity index (χ0) is 25.3. The summed E-state index contributed by atoms with van der Waals surface area (Å²) in [4.78, 5) is 18.8. The molecule has 0 amide bonds. The molecule has 0 unspecified atom stereocenters. The van der Waals surface area contributed by atoms with Gasteiger partial charge in [-0.3, -0.25) is 0 Å². The van der Waals surface area contributed by atoms with E-state index in [1.807, 2.05) is 24.3 Å². The largest absolute Gasteiger partial charge is 0.384 e. The Morgan fingerprint density at radius 1 is 1.06 bits per heavy atom.